The summed E-state index contributed by atoms with van der Waals surface area (Å²) in [5.74, 6) is 27.0. The molecule has 13 heteroatoms. The fourth-order valence-electron chi connectivity index (χ4n) is 3.44. The van der Waals surface area contributed by atoms with Crippen LogP contribution >= 0.6 is 19.6 Å². The number of hydrogen-bond donors (Lipinski definition) is 1. The molecule has 0 aliphatic rings. The summed E-state index contributed by atoms with van der Waals surface area (Å²) in [5, 5.41) is 11.1. The molecule has 0 amide bonds. The number of esters is 1. The van der Waals surface area contributed by atoms with Gasteiger partial charge in [-0.15, -0.1) is 0 Å². The van der Waals surface area contributed by atoms with Crippen molar-refractivity contribution in [2.24, 2.45) is 0 Å². The summed E-state index contributed by atoms with van der Waals surface area (Å²) in [6.45, 7) is 3.89. The zero-order valence-electron chi connectivity index (χ0n) is 29.2. The molecule has 270 valence electrons. The first kappa shape index (κ1) is 53.7. The number of phosphoric ester groups is 1. The van der Waals surface area contributed by atoms with E-state index >= 15 is 0 Å². The molecule has 48 heavy (non-hydrogen) atoms. The Morgan fingerprint density at radius 2 is 1.19 bits per heavy atom. The van der Waals surface area contributed by atoms with E-state index in [2.05, 4.69) is 86.6 Å². The van der Waals surface area contributed by atoms with Gasteiger partial charge in [0.1, 0.15) is 12.9 Å². The molecule has 0 radical (unpaired) electrons. The van der Waals surface area contributed by atoms with Crippen LogP contribution in [0.5, 0.6) is 0 Å². The monoisotopic (exact) mass is 736 g/mol. The molecule has 1 N–H and O–H groups in total. The van der Waals surface area contributed by atoms with Gasteiger partial charge in [-0.1, -0.05) is 89.9 Å². The third kappa shape index (κ3) is 49.3. The summed E-state index contributed by atoms with van der Waals surface area (Å²) in [5.41, 5.74) is 0. The molecule has 0 bridgehead atoms. The van der Waals surface area contributed by atoms with Crippen molar-refractivity contribution in [2.45, 2.75) is 117 Å². The summed E-state index contributed by atoms with van der Waals surface area (Å²) >= 11 is 0.901. The molecule has 0 aliphatic carbocycles. The summed E-state index contributed by atoms with van der Waals surface area (Å²) in [4.78, 5) is 43.3. The van der Waals surface area contributed by atoms with E-state index in [0.717, 1.165) is 31.0 Å². The van der Waals surface area contributed by atoms with E-state index in [1.807, 2.05) is 0 Å². The van der Waals surface area contributed by atoms with Crippen LogP contribution < -0.4 is 68.9 Å². The molecule has 1 atom stereocenters. The fraction of sp³-hybridized carbons (Fsp3) is 0.600. The smallest absolute Gasteiger partial charge is 0.790 e. The van der Waals surface area contributed by atoms with Crippen LogP contribution in [0.4, 0.5) is 0 Å². The predicted octanol–water partition coefficient (Wildman–Crippen LogP) is 0.677. The first-order chi connectivity index (χ1) is 22.2. The average Bonchev–Trinajstić information content (AvgIpc) is 3.01. The van der Waals surface area contributed by atoms with E-state index in [0.29, 0.717) is 6.42 Å². The molecule has 0 rings (SSSR count). The largest absolute Gasteiger partial charge is 1.00 e. The molecule has 0 unspecified atom stereocenters. The standard InChI is InChI=1S/C20H41O8P.C15H6OS.2Na.9H2/c1-2-3-4-5-6-7-8-9-10-11-12-13-14-15-20(22)28-19(16-26-18-21)17-27-29(23,24)25;1-3-4-5-6-7-8-9-10-11-12-13-14-17-15(2)16;;;;;;;;;;;/h19,21H,2-18H2,1H3,(H2,23,24,25);1-2H3;;;9*1H/q;;2*+1;;;;;;;;;/p-2/t19-;;;;;;;;;;;;/m0............/s1. The number of carbonyl (C=O) groups excluding carboxylic acids is 2. The topological polar surface area (TPSA) is 145 Å². The molecular formula is C35H63Na2O9PS. The number of rotatable bonds is 21. The second-order valence-corrected chi connectivity index (χ2v) is 11.7. The number of hydrogen-bond acceptors (Lipinski definition) is 10. The van der Waals surface area contributed by atoms with Crippen LogP contribution in [0.1, 0.15) is 124 Å². The van der Waals surface area contributed by atoms with Gasteiger partial charge in [-0.2, -0.15) is 0 Å². The van der Waals surface area contributed by atoms with Gasteiger partial charge in [-0.3, -0.25) is 9.59 Å². The fourth-order valence-corrected chi connectivity index (χ4v) is 4.04. The van der Waals surface area contributed by atoms with E-state index in [1.54, 1.807) is 6.92 Å². The van der Waals surface area contributed by atoms with Crippen molar-refractivity contribution in [1.82, 2.24) is 0 Å². The van der Waals surface area contributed by atoms with Crippen LogP contribution in [0.3, 0.4) is 0 Å². The van der Waals surface area contributed by atoms with Crippen molar-refractivity contribution in [3.8, 4) is 70.4 Å². The normalized spacial score (nSPS) is 9.54. The second-order valence-electron chi connectivity index (χ2n) is 9.54. The Hall–Kier alpha value is -1.12. The Kier molecular flexibility index (Phi) is 47.0. The summed E-state index contributed by atoms with van der Waals surface area (Å²) in [7, 11) is -5.16. The molecule has 9 nitrogen and oxygen atoms in total. The van der Waals surface area contributed by atoms with Gasteiger partial charge in [0, 0.05) is 37.9 Å². The third-order valence-corrected chi connectivity index (χ3v) is 6.49. The molecule has 0 saturated heterocycles. The molecule has 0 spiro atoms. The van der Waals surface area contributed by atoms with Crippen molar-refractivity contribution in [3.05, 3.63) is 0 Å². The number of unbranched alkanes of at least 4 members (excludes halogenated alkanes) is 12. The van der Waals surface area contributed by atoms with Crippen LogP contribution in [-0.4, -0.2) is 42.3 Å². The number of aliphatic hydroxyl groups excluding tert-OH is 1. The van der Waals surface area contributed by atoms with Gasteiger partial charge in [0.2, 0.25) is 0 Å². The van der Waals surface area contributed by atoms with Crippen LogP contribution in [0, 0.1) is 70.4 Å². The molecule has 0 aromatic rings. The Balaban J connectivity index is -0.0000000560. The van der Waals surface area contributed by atoms with E-state index in [-0.39, 0.29) is 90.1 Å². The van der Waals surface area contributed by atoms with E-state index < -0.39 is 33.3 Å². The van der Waals surface area contributed by atoms with Crippen molar-refractivity contribution in [1.29, 1.82) is 0 Å². The van der Waals surface area contributed by atoms with Crippen LogP contribution in [0.25, 0.3) is 0 Å². The van der Waals surface area contributed by atoms with Gasteiger partial charge in [0.05, 0.1) is 21.0 Å². The van der Waals surface area contributed by atoms with Crippen molar-refractivity contribution >= 4 is 30.7 Å². The van der Waals surface area contributed by atoms with Gasteiger partial charge in [-0.25, -0.2) is 0 Å². The number of thioether (sulfide) groups is 1. The summed E-state index contributed by atoms with van der Waals surface area (Å²) < 4.78 is 24.4. The van der Waals surface area contributed by atoms with Crippen LogP contribution in [0.15, 0.2) is 0 Å². The van der Waals surface area contributed by atoms with Crippen LogP contribution in [-0.2, 0) is 28.2 Å². The zero-order chi connectivity index (χ0) is 34.6. The van der Waals surface area contributed by atoms with E-state index in [1.165, 1.54) is 64.7 Å². The minimum Gasteiger partial charge on any atom is -0.790 e. The van der Waals surface area contributed by atoms with Gasteiger partial charge >= 0.3 is 65.1 Å². The van der Waals surface area contributed by atoms with Gasteiger partial charge in [-0.05, 0) is 77.8 Å². The van der Waals surface area contributed by atoms with E-state index in [4.69, 9.17) is 9.84 Å². The molecular weight excluding hydrogens is 673 g/mol. The number of carbonyl (C=O) groups is 2. The number of ether oxygens (including phenoxy) is 2. The average molecular weight is 737 g/mol. The minimum atomic E-state index is -5.16. The number of aliphatic hydroxyl groups is 1. The zero-order valence-corrected chi connectivity index (χ0v) is 34.9. The van der Waals surface area contributed by atoms with Crippen molar-refractivity contribution in [3.63, 3.8) is 0 Å². The molecule has 0 aliphatic heterocycles. The van der Waals surface area contributed by atoms with Gasteiger partial charge in [0.15, 0.2) is 5.12 Å². The van der Waals surface area contributed by atoms with Gasteiger partial charge < -0.3 is 33.5 Å². The first-order valence-electron chi connectivity index (χ1n) is 15.3. The quantitative estimate of drug-likeness (QED) is 0.0446. The molecule has 0 saturated carbocycles. The van der Waals surface area contributed by atoms with Crippen LogP contribution in [0.2, 0.25) is 0 Å². The maximum atomic E-state index is 11.8. The van der Waals surface area contributed by atoms with Crippen molar-refractivity contribution < 1.29 is 115 Å². The SMILES string of the molecule is CC#CC#CC#CC#CC#CC#CSC(C)=O.CCCCCCCCCCCCCCCC(=O)O[C@@H](COCO)COP(=O)([O-])[O-].[HH].[HH].[HH].[HH].[HH].[HH].[HH].[HH].[HH].[Na+].[Na+]. The first-order valence-corrected chi connectivity index (χ1v) is 17.6. The van der Waals surface area contributed by atoms with Crippen molar-refractivity contribution in [2.75, 3.05) is 20.0 Å². The summed E-state index contributed by atoms with van der Waals surface area (Å²) in [6, 6.07) is 0. The number of phosphoric acid groups is 1. The maximum Gasteiger partial charge on any atom is 1.00 e. The molecule has 0 aromatic heterocycles. The molecule has 0 aromatic carbocycles. The van der Waals surface area contributed by atoms with E-state index in [9.17, 15) is 23.9 Å². The molecule has 0 heterocycles. The Morgan fingerprint density at radius 3 is 1.60 bits per heavy atom. The summed E-state index contributed by atoms with van der Waals surface area (Å²) in [6.07, 6.45) is 14.8. The predicted molar refractivity (Wildman–Crippen MR) is 196 cm³/mol. The minimum absolute atomic E-state index is 0. The van der Waals surface area contributed by atoms with Gasteiger partial charge in [0.25, 0.3) is 0 Å². The maximum absolute atomic E-state index is 11.8. The Morgan fingerprint density at radius 1 is 0.750 bits per heavy atom. The Labute approximate surface area is 350 Å². The molecule has 0 fully saturated rings. The third-order valence-electron chi connectivity index (χ3n) is 5.53. The second kappa shape index (κ2) is 42.0. The Bertz CT molecular complexity index is 1320.